The molecule has 1 atom stereocenters. The third-order valence-corrected chi connectivity index (χ3v) is 3.28. The van der Waals surface area contributed by atoms with Crippen LogP contribution in [0.2, 0.25) is 0 Å². The van der Waals surface area contributed by atoms with Gasteiger partial charge in [0.05, 0.1) is 0 Å². The molecule has 0 aliphatic heterocycles. The minimum absolute atomic E-state index is 0.248. The molecule has 0 saturated carbocycles. The molecule has 5 nitrogen and oxygen atoms in total. The van der Waals surface area contributed by atoms with Gasteiger partial charge < -0.3 is 15.4 Å². The highest BCUT2D eigenvalue weighted by Gasteiger charge is 2.40. The van der Waals surface area contributed by atoms with Crippen molar-refractivity contribution in [3.63, 3.8) is 0 Å². The van der Waals surface area contributed by atoms with E-state index < -0.39 is 24.1 Å². The van der Waals surface area contributed by atoms with Gasteiger partial charge in [-0.25, -0.2) is 4.79 Å². The Morgan fingerprint density at radius 1 is 1.36 bits per heavy atom. The van der Waals surface area contributed by atoms with Crippen molar-refractivity contribution in [2.24, 2.45) is 0 Å². The molecule has 0 bridgehead atoms. The Labute approximate surface area is 123 Å². The number of hydrogen-bond acceptors (Lipinski definition) is 2. The first-order valence-corrected chi connectivity index (χ1v) is 6.36. The molecule has 118 valence electrons. The topological polar surface area (TPSA) is 82.2 Å². The SMILES string of the molecule is Cc1cccc2[nH]cc(CC(NC(=O)C(F)(F)F)C(=O)O)c12. The van der Waals surface area contributed by atoms with Gasteiger partial charge in [0.1, 0.15) is 6.04 Å². The molecule has 1 unspecified atom stereocenters. The number of alkyl halides is 3. The lowest BCUT2D eigenvalue weighted by Crippen LogP contribution is -2.47. The summed E-state index contributed by atoms with van der Waals surface area (Å²) in [5.41, 5.74) is 2.14. The summed E-state index contributed by atoms with van der Waals surface area (Å²) in [6.07, 6.45) is -3.83. The fourth-order valence-electron chi connectivity index (χ4n) is 2.27. The Morgan fingerprint density at radius 2 is 2.05 bits per heavy atom. The van der Waals surface area contributed by atoms with Crippen molar-refractivity contribution in [2.45, 2.75) is 25.6 Å². The second-order valence-corrected chi connectivity index (χ2v) is 4.88. The Bertz CT molecular complexity index is 722. The minimum atomic E-state index is -5.12. The molecule has 1 aromatic heterocycles. The highest BCUT2D eigenvalue weighted by Crippen LogP contribution is 2.23. The zero-order valence-electron chi connectivity index (χ0n) is 11.5. The Balaban J connectivity index is 2.28. The number of fused-ring (bicyclic) bond motifs is 1. The number of halogens is 3. The summed E-state index contributed by atoms with van der Waals surface area (Å²) in [7, 11) is 0. The lowest BCUT2D eigenvalue weighted by molar-refractivity contribution is -0.175. The van der Waals surface area contributed by atoms with Gasteiger partial charge in [-0.3, -0.25) is 4.79 Å². The van der Waals surface area contributed by atoms with Crippen molar-refractivity contribution < 1.29 is 27.9 Å². The van der Waals surface area contributed by atoms with Crippen molar-refractivity contribution in [3.8, 4) is 0 Å². The molecule has 0 saturated heterocycles. The number of nitrogens with one attached hydrogen (secondary N) is 2. The third kappa shape index (κ3) is 3.21. The van der Waals surface area contributed by atoms with Crippen LogP contribution in [0.4, 0.5) is 13.2 Å². The number of carboxylic acids is 1. The number of rotatable bonds is 4. The van der Waals surface area contributed by atoms with Gasteiger partial charge in [0.25, 0.3) is 0 Å². The van der Waals surface area contributed by atoms with Crippen molar-refractivity contribution in [3.05, 3.63) is 35.5 Å². The number of aliphatic carboxylic acids is 1. The van der Waals surface area contributed by atoms with E-state index in [2.05, 4.69) is 4.98 Å². The van der Waals surface area contributed by atoms with Gasteiger partial charge in [-0.1, -0.05) is 12.1 Å². The Hall–Kier alpha value is -2.51. The van der Waals surface area contributed by atoms with Crippen LogP contribution in [0.15, 0.2) is 24.4 Å². The normalized spacial score (nSPS) is 13.1. The molecule has 8 heteroatoms. The minimum Gasteiger partial charge on any atom is -0.480 e. The van der Waals surface area contributed by atoms with Crippen molar-refractivity contribution in [1.29, 1.82) is 0 Å². The van der Waals surface area contributed by atoms with Gasteiger partial charge in [0.2, 0.25) is 0 Å². The smallest absolute Gasteiger partial charge is 0.471 e. The van der Waals surface area contributed by atoms with Crippen molar-refractivity contribution >= 4 is 22.8 Å². The average Bonchev–Trinajstić information content (AvgIpc) is 2.81. The van der Waals surface area contributed by atoms with Gasteiger partial charge in [0, 0.05) is 23.5 Å². The standard InChI is InChI=1S/C14H13F3N2O3/c1-7-3-2-4-9-11(7)8(6-18-9)5-10(12(20)21)19-13(22)14(15,16)17/h2-4,6,10,18H,5H2,1H3,(H,19,22)(H,20,21). The van der Waals surface area contributed by atoms with Crippen LogP contribution in [-0.4, -0.2) is 34.2 Å². The molecule has 2 rings (SSSR count). The number of carbonyl (C=O) groups excluding carboxylic acids is 1. The maximum Gasteiger partial charge on any atom is 0.471 e. The average molecular weight is 314 g/mol. The number of carboxylic acid groups (broad SMARTS) is 1. The lowest BCUT2D eigenvalue weighted by atomic mass is 10.0. The van der Waals surface area contributed by atoms with Crippen LogP contribution in [0.3, 0.4) is 0 Å². The van der Waals surface area contributed by atoms with E-state index >= 15 is 0 Å². The lowest BCUT2D eigenvalue weighted by Gasteiger charge is -2.15. The largest absolute Gasteiger partial charge is 0.480 e. The molecule has 0 spiro atoms. The summed E-state index contributed by atoms with van der Waals surface area (Å²) in [5, 5.41) is 11.3. The predicted molar refractivity (Wildman–Crippen MR) is 72.4 cm³/mol. The van der Waals surface area contributed by atoms with E-state index in [1.807, 2.05) is 13.0 Å². The summed E-state index contributed by atoms with van der Waals surface area (Å²) in [6, 6.07) is 3.73. The van der Waals surface area contributed by atoms with E-state index in [-0.39, 0.29) is 6.42 Å². The van der Waals surface area contributed by atoms with Gasteiger partial charge >= 0.3 is 18.1 Å². The first kappa shape index (κ1) is 15.9. The number of H-pyrrole nitrogens is 1. The fraction of sp³-hybridized carbons (Fsp3) is 0.286. The molecule has 1 aromatic carbocycles. The monoisotopic (exact) mass is 314 g/mol. The van der Waals surface area contributed by atoms with E-state index in [4.69, 9.17) is 5.11 Å². The molecule has 0 radical (unpaired) electrons. The summed E-state index contributed by atoms with van der Waals surface area (Å²) < 4.78 is 36.8. The number of benzene rings is 1. The van der Waals surface area contributed by atoms with Crippen LogP contribution in [0.25, 0.3) is 10.9 Å². The second-order valence-electron chi connectivity index (χ2n) is 4.88. The number of carbonyl (C=O) groups is 2. The summed E-state index contributed by atoms with van der Waals surface area (Å²) in [4.78, 5) is 25.0. The van der Waals surface area contributed by atoms with Crippen LogP contribution in [-0.2, 0) is 16.0 Å². The van der Waals surface area contributed by atoms with Gasteiger partial charge in [-0.05, 0) is 24.1 Å². The molecule has 2 aromatic rings. The van der Waals surface area contributed by atoms with Crippen LogP contribution in [0, 0.1) is 6.92 Å². The first-order chi connectivity index (χ1) is 10.2. The van der Waals surface area contributed by atoms with E-state index in [1.165, 1.54) is 11.5 Å². The molecular weight excluding hydrogens is 301 g/mol. The molecule has 3 N–H and O–H groups in total. The quantitative estimate of drug-likeness (QED) is 0.809. The summed E-state index contributed by atoms with van der Waals surface area (Å²) >= 11 is 0. The maximum absolute atomic E-state index is 12.3. The first-order valence-electron chi connectivity index (χ1n) is 6.36. The zero-order chi connectivity index (χ0) is 16.5. The molecule has 0 aliphatic rings. The van der Waals surface area contributed by atoms with Crippen LogP contribution in [0.1, 0.15) is 11.1 Å². The predicted octanol–water partition coefficient (Wildman–Crippen LogP) is 2.15. The highest BCUT2D eigenvalue weighted by molar-refractivity contribution is 5.89. The molecule has 22 heavy (non-hydrogen) atoms. The third-order valence-electron chi connectivity index (χ3n) is 3.28. The second kappa shape index (κ2) is 5.70. The van der Waals surface area contributed by atoms with Gasteiger partial charge in [-0.15, -0.1) is 0 Å². The van der Waals surface area contributed by atoms with Gasteiger partial charge in [-0.2, -0.15) is 13.2 Å². The van der Waals surface area contributed by atoms with Crippen LogP contribution >= 0.6 is 0 Å². The Kier molecular flexibility index (Phi) is 4.11. The number of aromatic amines is 1. The number of hydrogen-bond donors (Lipinski definition) is 3. The number of aryl methyl sites for hydroxylation is 1. The molecule has 0 fully saturated rings. The van der Waals surface area contributed by atoms with Crippen molar-refractivity contribution in [1.82, 2.24) is 10.3 Å². The summed E-state index contributed by atoms with van der Waals surface area (Å²) in [6.45, 7) is 1.81. The summed E-state index contributed by atoms with van der Waals surface area (Å²) in [5.74, 6) is -3.79. The van der Waals surface area contributed by atoms with E-state index in [0.717, 1.165) is 16.5 Å². The molecule has 0 aliphatic carbocycles. The highest BCUT2D eigenvalue weighted by atomic mass is 19.4. The van der Waals surface area contributed by atoms with Crippen LogP contribution < -0.4 is 5.32 Å². The number of aromatic nitrogens is 1. The molecule has 1 heterocycles. The van der Waals surface area contributed by atoms with Crippen LogP contribution in [0.5, 0.6) is 0 Å². The van der Waals surface area contributed by atoms with E-state index in [9.17, 15) is 22.8 Å². The Morgan fingerprint density at radius 3 is 2.64 bits per heavy atom. The van der Waals surface area contributed by atoms with Gasteiger partial charge in [0.15, 0.2) is 0 Å². The fourth-order valence-corrected chi connectivity index (χ4v) is 2.27. The van der Waals surface area contributed by atoms with E-state index in [0.29, 0.717) is 5.56 Å². The number of amides is 1. The van der Waals surface area contributed by atoms with Crippen molar-refractivity contribution in [2.75, 3.05) is 0 Å². The zero-order valence-corrected chi connectivity index (χ0v) is 11.5. The molecular formula is C14H13F3N2O3. The maximum atomic E-state index is 12.3. The molecule has 1 amide bonds. The van der Waals surface area contributed by atoms with E-state index in [1.54, 1.807) is 12.1 Å².